The van der Waals surface area contributed by atoms with Gasteiger partial charge in [0.15, 0.2) is 0 Å². The molecule has 0 heterocycles. The molecule has 0 atom stereocenters. The molecule has 7 nitrogen and oxygen atoms in total. The molecule has 0 N–H and O–H groups in total. The van der Waals surface area contributed by atoms with Gasteiger partial charge in [-0.1, -0.05) is 0 Å². The minimum absolute atomic E-state index is 0. The van der Waals surface area contributed by atoms with E-state index >= 15 is 0 Å². The molecule has 0 aliphatic carbocycles. The van der Waals surface area contributed by atoms with E-state index in [2.05, 4.69) is 0 Å². The number of carboxylic acid groups (broad SMARTS) is 3. The molecule has 0 rings (SSSR count). The number of carbonyl (C=O) groups is 3. The van der Waals surface area contributed by atoms with Gasteiger partial charge in [-0.05, 0) is 0 Å². The molecule has 0 saturated heterocycles. The Labute approximate surface area is 91.0 Å². The number of aliphatic carboxylic acids is 3. The standard InChI is InChI=1S/C6H9NO6.Co/c8-4(9)1-7(2-5(10)11)3-6(12)13;/h1-3H2,(H,8,9)(H,10,11)(H,12,13);/q;+2/p-2. The molecule has 0 spiro atoms. The van der Waals surface area contributed by atoms with Gasteiger partial charge in [0.05, 0.1) is 17.9 Å². The summed E-state index contributed by atoms with van der Waals surface area (Å²) in [6, 6.07) is 0. The van der Waals surface area contributed by atoms with Crippen LogP contribution in [0.15, 0.2) is 0 Å². The summed E-state index contributed by atoms with van der Waals surface area (Å²) < 4.78 is 0. The van der Waals surface area contributed by atoms with Crippen LogP contribution >= 0.6 is 0 Å². The van der Waals surface area contributed by atoms with E-state index in [1.807, 2.05) is 0 Å². The number of hydrogen-bond acceptors (Lipinski definition) is 7. The zero-order valence-corrected chi connectivity index (χ0v) is 7.89. The zero-order chi connectivity index (χ0) is 10.4. The first-order valence-corrected chi connectivity index (χ1v) is 3.23. The van der Waals surface area contributed by atoms with Crippen LogP contribution in [0.2, 0.25) is 0 Å². The number of hydrogen-bond donors (Lipinski definition) is 0. The van der Waals surface area contributed by atoms with Crippen molar-refractivity contribution in [1.82, 2.24) is 4.90 Å². The Hall–Kier alpha value is -1.12. The summed E-state index contributed by atoms with van der Waals surface area (Å²) in [6.45, 7) is -2.37. The molecule has 14 heavy (non-hydrogen) atoms. The van der Waals surface area contributed by atoms with E-state index in [0.717, 1.165) is 0 Å². The fourth-order valence-electron chi connectivity index (χ4n) is 0.715. The summed E-state index contributed by atoms with van der Waals surface area (Å²) in [6.07, 6.45) is 0. The Kier molecular flexibility index (Phi) is 8.00. The normalized spacial score (nSPS) is 9.21. The molecular formula is C6H7CoNO6. The quantitative estimate of drug-likeness (QED) is 0.459. The predicted octanol–water partition coefficient (Wildman–Crippen LogP) is -5.35. The van der Waals surface area contributed by atoms with Crippen molar-refractivity contribution in [1.29, 1.82) is 0 Å². The fraction of sp³-hybridized carbons (Fsp3) is 0.500. The van der Waals surface area contributed by atoms with Gasteiger partial charge in [-0.25, -0.2) is 0 Å². The van der Waals surface area contributed by atoms with Gasteiger partial charge in [-0.15, -0.1) is 0 Å². The van der Waals surface area contributed by atoms with Gasteiger partial charge < -0.3 is 29.7 Å². The van der Waals surface area contributed by atoms with Crippen LogP contribution in [-0.2, 0) is 31.2 Å². The van der Waals surface area contributed by atoms with Crippen molar-refractivity contribution in [2.24, 2.45) is 0 Å². The first-order valence-electron chi connectivity index (χ1n) is 3.23. The van der Waals surface area contributed by atoms with E-state index in [1.165, 1.54) is 0 Å². The first-order chi connectivity index (χ1) is 5.91. The maximum Gasteiger partial charge on any atom is 2.00 e. The topological polar surface area (TPSA) is 124 Å². The molecule has 0 aliphatic heterocycles. The van der Waals surface area contributed by atoms with Gasteiger partial charge in [0.25, 0.3) is 0 Å². The smallest absolute Gasteiger partial charge is 0.549 e. The summed E-state index contributed by atoms with van der Waals surface area (Å²) in [5.41, 5.74) is 0. The minimum atomic E-state index is -1.57. The Bertz CT molecular complexity index is 198. The van der Waals surface area contributed by atoms with Crippen LogP contribution in [0.25, 0.3) is 0 Å². The van der Waals surface area contributed by atoms with Crippen LogP contribution in [0.4, 0.5) is 0 Å². The average Bonchev–Trinajstić information content (AvgIpc) is 1.80. The summed E-state index contributed by atoms with van der Waals surface area (Å²) in [4.78, 5) is 30.6. The van der Waals surface area contributed by atoms with E-state index < -0.39 is 37.5 Å². The average molecular weight is 248 g/mol. The molecule has 0 aromatic rings. The van der Waals surface area contributed by atoms with Crippen molar-refractivity contribution in [3.63, 3.8) is 0 Å². The van der Waals surface area contributed by atoms with Crippen molar-refractivity contribution in [2.45, 2.75) is 0 Å². The molecule has 0 amide bonds. The number of rotatable bonds is 6. The minimum Gasteiger partial charge on any atom is -0.549 e. The van der Waals surface area contributed by atoms with Gasteiger partial charge in [-0.2, -0.15) is 0 Å². The Morgan fingerprint density at radius 3 is 1.21 bits per heavy atom. The van der Waals surface area contributed by atoms with Gasteiger partial charge in [0.1, 0.15) is 0 Å². The second kappa shape index (κ2) is 7.30. The first kappa shape index (κ1) is 15.4. The predicted molar refractivity (Wildman–Crippen MR) is 32.6 cm³/mol. The maximum atomic E-state index is 9.99. The van der Waals surface area contributed by atoms with Crippen LogP contribution in [0.5, 0.6) is 0 Å². The largest absolute Gasteiger partial charge is 2.00 e. The van der Waals surface area contributed by atoms with E-state index in [1.54, 1.807) is 0 Å². The summed E-state index contributed by atoms with van der Waals surface area (Å²) >= 11 is 0. The number of carbonyl (C=O) groups excluding carboxylic acids is 3. The Morgan fingerprint density at radius 2 is 1.07 bits per heavy atom. The summed E-state index contributed by atoms with van der Waals surface area (Å²) in [7, 11) is 0. The molecule has 1 radical (unpaired) electrons. The Balaban J connectivity index is -0.000000720. The van der Waals surface area contributed by atoms with Crippen LogP contribution in [0, 0.1) is 0 Å². The van der Waals surface area contributed by atoms with Gasteiger partial charge in [0, 0.05) is 19.6 Å². The van der Waals surface area contributed by atoms with Crippen molar-refractivity contribution in [3.8, 4) is 0 Å². The van der Waals surface area contributed by atoms with Gasteiger partial charge in [0.2, 0.25) is 0 Å². The second-order valence-corrected chi connectivity index (χ2v) is 2.26. The molecule has 0 unspecified atom stereocenters. The molecule has 81 valence electrons. The monoisotopic (exact) mass is 248 g/mol. The van der Waals surface area contributed by atoms with Gasteiger partial charge >= 0.3 is 18.2 Å². The third kappa shape index (κ3) is 8.97. The SMILES string of the molecule is O=C([O-])CN(CC(=O)[O-])CC(=O)[O-].[Co+2].[H+]. The molecule has 0 bridgehead atoms. The van der Waals surface area contributed by atoms with E-state index in [0.29, 0.717) is 4.90 Å². The third-order valence-electron chi connectivity index (χ3n) is 1.06. The maximum absolute atomic E-state index is 9.99. The second-order valence-electron chi connectivity index (χ2n) is 2.26. The van der Waals surface area contributed by atoms with Crippen LogP contribution in [0.3, 0.4) is 0 Å². The fourth-order valence-corrected chi connectivity index (χ4v) is 0.715. The van der Waals surface area contributed by atoms with Crippen molar-refractivity contribution in [3.05, 3.63) is 0 Å². The molecular weight excluding hydrogens is 241 g/mol. The molecule has 0 saturated carbocycles. The Morgan fingerprint density at radius 1 is 0.857 bits per heavy atom. The van der Waals surface area contributed by atoms with Crippen LogP contribution < -0.4 is 15.3 Å². The molecule has 0 aromatic heterocycles. The van der Waals surface area contributed by atoms with Crippen LogP contribution in [-0.4, -0.2) is 42.4 Å². The third-order valence-corrected chi connectivity index (χ3v) is 1.06. The van der Waals surface area contributed by atoms with Crippen LogP contribution in [0.1, 0.15) is 1.43 Å². The van der Waals surface area contributed by atoms with Crippen molar-refractivity contribution >= 4 is 17.9 Å². The van der Waals surface area contributed by atoms with E-state index in [4.69, 9.17) is 0 Å². The number of nitrogens with zero attached hydrogens (tertiary/aromatic N) is 1. The molecule has 8 heteroatoms. The van der Waals surface area contributed by atoms with Crippen molar-refractivity contribution < 1.29 is 47.9 Å². The molecule has 0 aromatic carbocycles. The summed E-state index contributed by atoms with van der Waals surface area (Å²) in [5, 5.41) is 30.0. The van der Waals surface area contributed by atoms with Crippen molar-refractivity contribution in [2.75, 3.05) is 19.6 Å². The molecule has 0 fully saturated rings. The van der Waals surface area contributed by atoms with E-state index in [-0.39, 0.29) is 18.2 Å². The zero-order valence-electron chi connectivity index (χ0n) is 7.85. The molecule has 0 aliphatic rings. The summed E-state index contributed by atoms with van der Waals surface area (Å²) in [5.74, 6) is -4.70. The number of carboxylic acids is 3. The van der Waals surface area contributed by atoms with Gasteiger partial charge in [-0.3, -0.25) is 4.90 Å². The van der Waals surface area contributed by atoms with E-state index in [9.17, 15) is 29.7 Å².